The number of aliphatic hydroxyl groups excluding tert-OH is 1. The minimum Gasteiger partial charge on any atom is -0.388 e. The van der Waals surface area contributed by atoms with Crippen LogP contribution in [0.5, 0.6) is 0 Å². The molecule has 2 unspecified atom stereocenters. The van der Waals surface area contributed by atoms with Gasteiger partial charge in [-0.3, -0.25) is 9.80 Å². The number of nitrogens with zero attached hydrogens (tertiary/aromatic N) is 5. The summed E-state index contributed by atoms with van der Waals surface area (Å²) < 4.78 is 18.0. The fourth-order valence-corrected chi connectivity index (χ4v) is 4.02. The normalized spacial score (nSPS) is 35.7. The fourth-order valence-electron chi connectivity index (χ4n) is 3.79. The maximum Gasteiger partial charge on any atom is 0.279 e. The van der Waals surface area contributed by atoms with Gasteiger partial charge in [0.1, 0.15) is 35.7 Å². The van der Waals surface area contributed by atoms with E-state index in [0.29, 0.717) is 5.84 Å². The number of carbonyl (C=O) groups excluding carboxylic acids is 1. The molecule has 0 spiro atoms. The Morgan fingerprint density at radius 3 is 2.68 bits per heavy atom. The van der Waals surface area contributed by atoms with Gasteiger partial charge in [0.25, 0.3) is 5.91 Å². The second-order valence-corrected chi connectivity index (χ2v) is 8.38. The van der Waals surface area contributed by atoms with Crippen LogP contribution in [0.25, 0.3) is 0 Å². The lowest BCUT2D eigenvalue weighted by atomic mass is 9.90. The Hall–Kier alpha value is -2.11. The number of ether oxygens (including phenoxy) is 3. The quantitative estimate of drug-likeness (QED) is 0.320. The van der Waals surface area contributed by atoms with E-state index in [0.717, 1.165) is 5.56 Å². The molecule has 3 aliphatic heterocycles. The Bertz CT molecular complexity index is 854. The minimum atomic E-state index is -1.28. The van der Waals surface area contributed by atoms with Gasteiger partial charge in [-0.25, -0.2) is 0 Å². The molecule has 4 rings (SSSR count). The lowest BCUT2D eigenvalue weighted by Gasteiger charge is -2.49. The average molecular weight is 452 g/mol. The summed E-state index contributed by atoms with van der Waals surface area (Å²) >= 11 is 6.40. The highest BCUT2D eigenvalue weighted by Gasteiger charge is 2.55. The van der Waals surface area contributed by atoms with Crippen LogP contribution in [-0.4, -0.2) is 90.0 Å². The second kappa shape index (κ2) is 9.17. The topological polar surface area (TPSA) is 109 Å². The maximum absolute atomic E-state index is 12.8. The number of halogens is 1. The molecule has 0 aromatic heterocycles. The number of amidine groups is 1. The van der Waals surface area contributed by atoms with Gasteiger partial charge in [-0.15, -0.1) is 0 Å². The number of fused-ring (bicyclic) bond motifs is 1. The molecule has 31 heavy (non-hydrogen) atoms. The molecule has 11 heteroatoms. The molecule has 0 radical (unpaired) electrons. The van der Waals surface area contributed by atoms with Crippen LogP contribution < -0.4 is 0 Å². The molecule has 1 amide bonds. The maximum atomic E-state index is 12.8. The number of hydrogen-bond donors (Lipinski definition) is 1. The van der Waals surface area contributed by atoms with Crippen LogP contribution in [0.4, 0.5) is 0 Å². The Labute approximate surface area is 185 Å². The molecule has 1 aromatic carbocycles. The first-order valence-corrected chi connectivity index (χ1v) is 10.5. The number of rotatable bonds is 3. The number of hydrogen-bond acceptors (Lipinski definition) is 8. The molecule has 3 aliphatic rings. The Balaban J connectivity index is 1.62. The van der Waals surface area contributed by atoms with Gasteiger partial charge < -0.3 is 24.2 Å². The highest BCUT2D eigenvalue weighted by Crippen LogP contribution is 2.38. The zero-order valence-corrected chi connectivity index (χ0v) is 18.3. The van der Waals surface area contributed by atoms with Gasteiger partial charge in [-0.1, -0.05) is 47.2 Å². The predicted octanol–water partition coefficient (Wildman–Crippen LogP) is 1.35. The summed E-state index contributed by atoms with van der Waals surface area (Å²) in [5, 5.41) is 20.7. The monoisotopic (exact) mass is 451 g/mol. The number of aliphatic hydroxyl groups is 1. The summed E-state index contributed by atoms with van der Waals surface area (Å²) in [6.45, 7) is 2.15. The number of aliphatic imine (C=N–C) groups is 1. The summed E-state index contributed by atoms with van der Waals surface area (Å²) in [7, 11) is 3.55. The largest absolute Gasteiger partial charge is 0.388 e. The molecule has 7 atom stereocenters. The lowest BCUT2D eigenvalue weighted by molar-refractivity contribution is -0.315. The highest BCUT2D eigenvalue weighted by atomic mass is 35.5. The van der Waals surface area contributed by atoms with Crippen molar-refractivity contribution in [2.45, 2.75) is 49.2 Å². The summed E-state index contributed by atoms with van der Waals surface area (Å²) in [5.41, 5.74) is 0.270. The van der Waals surface area contributed by atoms with Gasteiger partial charge in [0, 0.05) is 19.7 Å². The first-order valence-electron chi connectivity index (χ1n) is 10.1. The van der Waals surface area contributed by atoms with Gasteiger partial charge in [0.2, 0.25) is 0 Å². The molecule has 10 nitrogen and oxygen atoms in total. The molecule has 0 aliphatic carbocycles. The number of amides is 1. The standard InChI is InChI=1S/C20H26ClN5O5/c1-11(25(2)3)23-19(28)18-16(27)15(26-14(21)9-22-24-26)17-13(30-18)10-29-20(31-17)12-7-5-4-6-8-12/h4-8,13-18,20,27H,9-10H2,1-3H3/b23-11+/t13-,14?,15-,16-,17+,18-,20?/m1/s1. The second-order valence-electron chi connectivity index (χ2n) is 7.87. The van der Waals surface area contributed by atoms with Crippen LogP contribution in [0.3, 0.4) is 0 Å². The lowest BCUT2D eigenvalue weighted by Crippen LogP contribution is -2.67. The third kappa shape index (κ3) is 4.44. The SMILES string of the molecule is C/C(=N\C(=O)[C@@H]1O[C@@H]2COC(c3ccccc3)O[C@@H]2[C@H](N2N=NCC2Cl)[C@H]1O)N(C)C. The van der Waals surface area contributed by atoms with E-state index in [-0.39, 0.29) is 13.2 Å². The van der Waals surface area contributed by atoms with Crippen molar-refractivity contribution in [1.82, 2.24) is 9.91 Å². The van der Waals surface area contributed by atoms with Crippen LogP contribution >= 0.6 is 11.6 Å². The number of alkyl halides is 1. The summed E-state index contributed by atoms with van der Waals surface area (Å²) in [6, 6.07) is 8.71. The summed E-state index contributed by atoms with van der Waals surface area (Å²) in [4.78, 5) is 18.6. The molecule has 2 saturated heterocycles. The Morgan fingerprint density at radius 2 is 2.03 bits per heavy atom. The fraction of sp³-hybridized carbons (Fsp3) is 0.600. The van der Waals surface area contributed by atoms with E-state index in [2.05, 4.69) is 15.3 Å². The predicted molar refractivity (Wildman–Crippen MR) is 111 cm³/mol. The van der Waals surface area contributed by atoms with Crippen LogP contribution in [0.15, 0.2) is 45.7 Å². The number of carbonyl (C=O) groups is 1. The molecule has 0 saturated carbocycles. The molecular weight excluding hydrogens is 426 g/mol. The van der Waals surface area contributed by atoms with E-state index in [9.17, 15) is 9.90 Å². The van der Waals surface area contributed by atoms with Crippen LogP contribution in [-0.2, 0) is 19.0 Å². The van der Waals surface area contributed by atoms with E-state index in [1.807, 2.05) is 30.3 Å². The van der Waals surface area contributed by atoms with Crippen LogP contribution in [0, 0.1) is 0 Å². The highest BCUT2D eigenvalue weighted by molar-refractivity contribution is 6.20. The molecule has 1 N–H and O–H groups in total. The van der Waals surface area contributed by atoms with Gasteiger partial charge in [0.15, 0.2) is 12.4 Å². The van der Waals surface area contributed by atoms with Gasteiger partial charge >= 0.3 is 0 Å². The van der Waals surface area contributed by atoms with E-state index in [1.165, 1.54) is 5.01 Å². The van der Waals surface area contributed by atoms with Crippen molar-refractivity contribution in [3.05, 3.63) is 35.9 Å². The van der Waals surface area contributed by atoms with Crippen molar-refractivity contribution in [2.24, 2.45) is 15.3 Å². The van der Waals surface area contributed by atoms with E-state index < -0.39 is 48.2 Å². The zero-order chi connectivity index (χ0) is 22.1. The molecule has 1 aromatic rings. The van der Waals surface area contributed by atoms with Crippen molar-refractivity contribution in [3.63, 3.8) is 0 Å². The van der Waals surface area contributed by atoms with Crippen molar-refractivity contribution >= 4 is 23.3 Å². The summed E-state index contributed by atoms with van der Waals surface area (Å²) in [5.74, 6) is -0.0922. The van der Waals surface area contributed by atoms with Gasteiger partial charge in [-0.2, -0.15) is 10.1 Å². The average Bonchev–Trinajstić information content (AvgIpc) is 3.18. The van der Waals surface area contributed by atoms with Crippen molar-refractivity contribution in [3.8, 4) is 0 Å². The smallest absolute Gasteiger partial charge is 0.279 e. The molecular formula is C20H26ClN5O5. The third-order valence-corrected chi connectivity index (χ3v) is 5.94. The first kappa shape index (κ1) is 22.1. The van der Waals surface area contributed by atoms with E-state index >= 15 is 0 Å². The van der Waals surface area contributed by atoms with Crippen molar-refractivity contribution in [2.75, 3.05) is 27.2 Å². The summed E-state index contributed by atoms with van der Waals surface area (Å²) in [6.07, 6.45) is -4.39. The Kier molecular flexibility index (Phi) is 6.54. The molecule has 0 bridgehead atoms. The molecule has 3 heterocycles. The Morgan fingerprint density at radius 1 is 1.29 bits per heavy atom. The third-order valence-electron chi connectivity index (χ3n) is 5.60. The minimum absolute atomic E-state index is 0.172. The number of benzene rings is 1. The van der Waals surface area contributed by atoms with Gasteiger partial charge in [0.05, 0.1) is 13.2 Å². The van der Waals surface area contributed by atoms with Crippen LogP contribution in [0.1, 0.15) is 18.8 Å². The first-order chi connectivity index (χ1) is 14.9. The van der Waals surface area contributed by atoms with E-state index in [4.69, 9.17) is 25.8 Å². The van der Waals surface area contributed by atoms with Crippen molar-refractivity contribution < 1.29 is 24.1 Å². The van der Waals surface area contributed by atoms with Crippen molar-refractivity contribution in [1.29, 1.82) is 0 Å². The van der Waals surface area contributed by atoms with Crippen LogP contribution in [0.2, 0.25) is 0 Å². The molecule has 168 valence electrons. The zero-order valence-electron chi connectivity index (χ0n) is 17.5. The van der Waals surface area contributed by atoms with Gasteiger partial charge in [-0.05, 0) is 6.92 Å². The van der Waals surface area contributed by atoms with E-state index in [1.54, 1.807) is 25.9 Å². The molecule has 2 fully saturated rings.